The Morgan fingerprint density at radius 1 is 1.00 bits per heavy atom. The van der Waals surface area contributed by atoms with Gasteiger partial charge in [-0.1, -0.05) is 56.1 Å². The quantitative estimate of drug-likeness (QED) is 0.422. The molecule has 0 bridgehead atoms. The third-order valence-corrected chi connectivity index (χ3v) is 6.47. The van der Waals surface area contributed by atoms with Crippen LogP contribution in [0.2, 0.25) is 10.2 Å². The van der Waals surface area contributed by atoms with Crippen molar-refractivity contribution in [3.05, 3.63) is 64.0 Å². The smallest absolute Gasteiger partial charge is 0.263 e. The first kappa shape index (κ1) is 24.1. The third kappa shape index (κ3) is 5.43. The SMILES string of the molecule is COc1ccc(Cl)c(Oc2c(Cl)nc(C)nc2NS(=O)(=O)c2ccc(C(C)(C)C)cc2)c1. The Morgan fingerprint density at radius 2 is 1.66 bits per heavy atom. The number of halogens is 2. The molecule has 170 valence electrons. The summed E-state index contributed by atoms with van der Waals surface area (Å²) in [5.41, 5.74) is 0.901. The average molecular weight is 496 g/mol. The Balaban J connectivity index is 1.99. The number of hydrogen-bond donors (Lipinski definition) is 1. The zero-order valence-electron chi connectivity index (χ0n) is 18.2. The summed E-state index contributed by atoms with van der Waals surface area (Å²) < 4.78 is 39.5. The molecule has 0 radical (unpaired) electrons. The molecule has 32 heavy (non-hydrogen) atoms. The molecule has 0 unspecified atom stereocenters. The molecule has 0 saturated heterocycles. The molecule has 7 nitrogen and oxygen atoms in total. The summed E-state index contributed by atoms with van der Waals surface area (Å²) in [7, 11) is -2.48. The van der Waals surface area contributed by atoms with Crippen LogP contribution in [0.3, 0.4) is 0 Å². The van der Waals surface area contributed by atoms with Crippen molar-refractivity contribution >= 4 is 39.0 Å². The first-order valence-corrected chi connectivity index (χ1v) is 11.8. The molecule has 2 aromatic carbocycles. The minimum atomic E-state index is -3.98. The van der Waals surface area contributed by atoms with E-state index in [4.69, 9.17) is 32.7 Å². The number of rotatable bonds is 6. The van der Waals surface area contributed by atoms with Gasteiger partial charge in [0.1, 0.15) is 17.3 Å². The standard InChI is InChI=1S/C22H23Cl2N3O4S/c1-13-25-20(24)19(31-18-12-15(30-5)8-11-17(18)23)21(26-13)27-32(28,29)16-9-6-14(7-10-16)22(2,3)4/h6-12H,1-5H3,(H,25,26,27). The van der Waals surface area contributed by atoms with Crippen molar-refractivity contribution in [3.8, 4) is 17.2 Å². The number of sulfonamides is 1. The zero-order chi connectivity index (χ0) is 23.7. The minimum Gasteiger partial charge on any atom is -0.497 e. The molecule has 3 rings (SSSR count). The zero-order valence-corrected chi connectivity index (χ0v) is 20.6. The van der Waals surface area contributed by atoms with Crippen LogP contribution in [0.25, 0.3) is 0 Å². The van der Waals surface area contributed by atoms with Crippen LogP contribution < -0.4 is 14.2 Å². The van der Waals surface area contributed by atoms with Crippen LogP contribution in [0.15, 0.2) is 47.4 Å². The monoisotopic (exact) mass is 495 g/mol. The summed E-state index contributed by atoms with van der Waals surface area (Å²) in [6, 6.07) is 11.4. The van der Waals surface area contributed by atoms with Crippen molar-refractivity contribution in [1.82, 2.24) is 9.97 Å². The molecule has 0 spiro atoms. The second-order valence-electron chi connectivity index (χ2n) is 8.02. The molecule has 0 aliphatic rings. The van der Waals surface area contributed by atoms with Crippen LogP contribution in [0.1, 0.15) is 32.2 Å². The lowest BCUT2D eigenvalue weighted by molar-refractivity contribution is 0.409. The highest BCUT2D eigenvalue weighted by molar-refractivity contribution is 7.92. The summed E-state index contributed by atoms with van der Waals surface area (Å²) in [5, 5.41) is 0.200. The lowest BCUT2D eigenvalue weighted by Gasteiger charge is -2.19. The van der Waals surface area contributed by atoms with Gasteiger partial charge in [0.15, 0.2) is 11.0 Å². The Labute approximate surface area is 197 Å². The molecule has 10 heteroatoms. The number of aryl methyl sites for hydroxylation is 1. The van der Waals surface area contributed by atoms with Crippen LogP contribution in [-0.4, -0.2) is 25.5 Å². The number of hydrogen-bond acceptors (Lipinski definition) is 6. The van der Waals surface area contributed by atoms with E-state index < -0.39 is 10.0 Å². The number of anilines is 1. The van der Waals surface area contributed by atoms with Crippen LogP contribution in [0.5, 0.6) is 17.2 Å². The molecular weight excluding hydrogens is 473 g/mol. The van der Waals surface area contributed by atoms with Crippen LogP contribution in [-0.2, 0) is 15.4 Å². The van der Waals surface area contributed by atoms with Gasteiger partial charge >= 0.3 is 0 Å². The van der Waals surface area contributed by atoms with Crippen molar-refractivity contribution in [1.29, 1.82) is 0 Å². The summed E-state index contributed by atoms with van der Waals surface area (Å²) in [4.78, 5) is 8.32. The van der Waals surface area contributed by atoms with Gasteiger partial charge in [0.05, 0.1) is 17.0 Å². The molecule has 1 N–H and O–H groups in total. The normalized spacial score (nSPS) is 11.8. The molecule has 0 atom stereocenters. The van der Waals surface area contributed by atoms with E-state index in [-0.39, 0.29) is 43.6 Å². The minimum absolute atomic E-state index is 0.0721. The molecule has 0 aliphatic carbocycles. The van der Waals surface area contributed by atoms with Gasteiger partial charge in [-0.15, -0.1) is 0 Å². The fourth-order valence-corrected chi connectivity index (χ4v) is 4.22. The maximum Gasteiger partial charge on any atom is 0.263 e. The molecule has 0 saturated carbocycles. The van der Waals surface area contributed by atoms with E-state index >= 15 is 0 Å². The van der Waals surface area contributed by atoms with E-state index in [1.165, 1.54) is 19.2 Å². The van der Waals surface area contributed by atoms with Gasteiger partial charge in [-0.25, -0.2) is 18.4 Å². The van der Waals surface area contributed by atoms with Gasteiger partial charge in [0.25, 0.3) is 10.0 Å². The number of nitrogens with one attached hydrogen (secondary N) is 1. The Hall–Kier alpha value is -2.55. The summed E-state index contributed by atoms with van der Waals surface area (Å²) in [5.74, 6) is 0.772. The van der Waals surface area contributed by atoms with E-state index in [1.807, 2.05) is 20.8 Å². The maximum atomic E-state index is 13.0. The number of ether oxygens (including phenoxy) is 2. The van der Waals surface area contributed by atoms with Gasteiger partial charge in [-0.05, 0) is 42.2 Å². The first-order valence-electron chi connectivity index (χ1n) is 9.59. The molecule has 0 amide bonds. The highest BCUT2D eigenvalue weighted by Gasteiger charge is 2.23. The van der Waals surface area contributed by atoms with Crippen molar-refractivity contribution in [2.75, 3.05) is 11.8 Å². The highest BCUT2D eigenvalue weighted by atomic mass is 35.5. The lowest BCUT2D eigenvalue weighted by Crippen LogP contribution is -2.16. The fourth-order valence-electron chi connectivity index (χ4n) is 2.81. The first-order chi connectivity index (χ1) is 14.9. The Morgan fingerprint density at radius 3 is 2.25 bits per heavy atom. The molecule has 0 aliphatic heterocycles. The summed E-state index contributed by atoms with van der Waals surface area (Å²) in [6.45, 7) is 7.74. The fraction of sp³-hybridized carbons (Fsp3) is 0.273. The second kappa shape index (κ2) is 9.13. The average Bonchev–Trinajstić information content (AvgIpc) is 2.71. The van der Waals surface area contributed by atoms with Crippen LogP contribution >= 0.6 is 23.2 Å². The van der Waals surface area contributed by atoms with Gasteiger partial charge < -0.3 is 9.47 Å². The predicted molar refractivity (Wildman–Crippen MR) is 126 cm³/mol. The molecular formula is C22H23Cl2N3O4S. The second-order valence-corrected chi connectivity index (χ2v) is 10.5. The van der Waals surface area contributed by atoms with E-state index in [9.17, 15) is 8.42 Å². The lowest BCUT2D eigenvalue weighted by atomic mass is 9.87. The molecule has 1 aromatic heterocycles. The molecule has 1 heterocycles. The van der Waals surface area contributed by atoms with E-state index in [0.29, 0.717) is 5.75 Å². The largest absolute Gasteiger partial charge is 0.497 e. The van der Waals surface area contributed by atoms with Crippen molar-refractivity contribution in [2.45, 2.75) is 38.0 Å². The van der Waals surface area contributed by atoms with Crippen LogP contribution in [0.4, 0.5) is 5.82 Å². The highest BCUT2D eigenvalue weighted by Crippen LogP contribution is 2.39. The van der Waals surface area contributed by atoms with Gasteiger partial charge in [0, 0.05) is 6.07 Å². The van der Waals surface area contributed by atoms with Crippen LogP contribution in [0, 0.1) is 6.92 Å². The number of nitrogens with zero attached hydrogens (tertiary/aromatic N) is 2. The van der Waals surface area contributed by atoms with Gasteiger partial charge in [0.2, 0.25) is 5.75 Å². The Kier molecular flexibility index (Phi) is 6.88. The molecule has 3 aromatic rings. The van der Waals surface area contributed by atoms with E-state index in [1.54, 1.807) is 37.3 Å². The van der Waals surface area contributed by atoms with Crippen molar-refractivity contribution in [3.63, 3.8) is 0 Å². The van der Waals surface area contributed by atoms with E-state index in [2.05, 4.69) is 14.7 Å². The number of methoxy groups -OCH3 is 1. The molecule has 0 fully saturated rings. The van der Waals surface area contributed by atoms with Crippen molar-refractivity contribution in [2.24, 2.45) is 0 Å². The van der Waals surface area contributed by atoms with Crippen molar-refractivity contribution < 1.29 is 17.9 Å². The third-order valence-electron chi connectivity index (χ3n) is 4.55. The van der Waals surface area contributed by atoms with E-state index in [0.717, 1.165) is 5.56 Å². The van der Waals surface area contributed by atoms with Gasteiger partial charge in [-0.2, -0.15) is 0 Å². The number of aromatic nitrogens is 2. The number of benzene rings is 2. The Bertz CT molecular complexity index is 1240. The predicted octanol–water partition coefficient (Wildman–Crippen LogP) is 5.99. The summed E-state index contributed by atoms with van der Waals surface area (Å²) >= 11 is 12.5. The maximum absolute atomic E-state index is 13.0. The topological polar surface area (TPSA) is 90.4 Å². The van der Waals surface area contributed by atoms with Gasteiger partial charge in [-0.3, -0.25) is 4.72 Å². The summed E-state index contributed by atoms with van der Waals surface area (Å²) in [6.07, 6.45) is 0.